The lowest BCUT2D eigenvalue weighted by Gasteiger charge is -1.94. The van der Waals surface area contributed by atoms with E-state index < -0.39 is 5.97 Å². The number of rotatable bonds is 4. The van der Waals surface area contributed by atoms with Crippen molar-refractivity contribution in [1.29, 1.82) is 0 Å². The first-order valence-electron chi connectivity index (χ1n) is 4.41. The Morgan fingerprint density at radius 1 is 1.47 bits per heavy atom. The highest BCUT2D eigenvalue weighted by Crippen LogP contribution is 1.98. The summed E-state index contributed by atoms with van der Waals surface area (Å²) in [5.74, 6) is -0.835. The number of methoxy groups -OCH3 is 1. The summed E-state index contributed by atoms with van der Waals surface area (Å²) in [6, 6.07) is 5.37. The fraction of sp³-hybridized carbons (Fsp3) is 0.182. The normalized spacial score (nSPS) is 10.2. The second kappa shape index (κ2) is 5.70. The molecule has 0 bridgehead atoms. The van der Waals surface area contributed by atoms with Crippen LogP contribution in [0.2, 0.25) is 0 Å². The highest BCUT2D eigenvalue weighted by atomic mass is 16.5. The summed E-state index contributed by atoms with van der Waals surface area (Å²) in [5, 5.41) is 0. The second-order valence-electron chi connectivity index (χ2n) is 2.81. The van der Waals surface area contributed by atoms with Gasteiger partial charge in [-0.2, -0.15) is 0 Å². The van der Waals surface area contributed by atoms with Gasteiger partial charge in [0.15, 0.2) is 5.78 Å². The SMILES string of the molecule is COC(=O)CC(=O)C=Cc1ccccn1. The van der Waals surface area contributed by atoms with Gasteiger partial charge in [0.25, 0.3) is 0 Å². The van der Waals surface area contributed by atoms with Crippen LogP contribution in [0.25, 0.3) is 6.08 Å². The molecule has 0 aliphatic rings. The first kappa shape index (κ1) is 11.1. The van der Waals surface area contributed by atoms with Crippen LogP contribution in [0.15, 0.2) is 30.5 Å². The number of carbonyl (C=O) groups is 2. The first-order chi connectivity index (χ1) is 7.22. The van der Waals surface area contributed by atoms with E-state index in [1.54, 1.807) is 24.4 Å². The average Bonchev–Trinajstić information content (AvgIpc) is 2.27. The molecule has 4 heteroatoms. The minimum Gasteiger partial charge on any atom is -0.469 e. The number of allylic oxidation sites excluding steroid dienone is 1. The average molecular weight is 205 g/mol. The van der Waals surface area contributed by atoms with Gasteiger partial charge in [-0.25, -0.2) is 0 Å². The Morgan fingerprint density at radius 2 is 2.27 bits per heavy atom. The zero-order valence-electron chi connectivity index (χ0n) is 8.34. The molecule has 0 saturated heterocycles. The van der Waals surface area contributed by atoms with Crippen LogP contribution >= 0.6 is 0 Å². The van der Waals surface area contributed by atoms with Gasteiger partial charge >= 0.3 is 5.97 Å². The molecule has 0 fully saturated rings. The molecular weight excluding hydrogens is 194 g/mol. The molecule has 1 aromatic heterocycles. The Hall–Kier alpha value is -1.97. The van der Waals surface area contributed by atoms with Gasteiger partial charge in [-0.3, -0.25) is 14.6 Å². The van der Waals surface area contributed by atoms with Crippen molar-refractivity contribution in [3.8, 4) is 0 Å². The number of aromatic nitrogens is 1. The Labute approximate surface area is 87.6 Å². The Balaban J connectivity index is 2.52. The van der Waals surface area contributed by atoms with Crippen LogP contribution in [0.3, 0.4) is 0 Å². The lowest BCUT2D eigenvalue weighted by atomic mass is 10.2. The fourth-order valence-corrected chi connectivity index (χ4v) is 0.926. The van der Waals surface area contributed by atoms with Crippen molar-refractivity contribution in [2.45, 2.75) is 6.42 Å². The summed E-state index contributed by atoms with van der Waals surface area (Å²) in [7, 11) is 1.25. The molecule has 1 aromatic rings. The van der Waals surface area contributed by atoms with Crippen LogP contribution in [0.1, 0.15) is 12.1 Å². The number of pyridine rings is 1. The maximum atomic E-state index is 11.2. The topological polar surface area (TPSA) is 56.3 Å². The van der Waals surface area contributed by atoms with Crippen molar-refractivity contribution in [3.05, 3.63) is 36.2 Å². The Morgan fingerprint density at radius 3 is 2.87 bits per heavy atom. The van der Waals surface area contributed by atoms with Crippen LogP contribution in [0, 0.1) is 0 Å². The van der Waals surface area contributed by atoms with Crippen LogP contribution < -0.4 is 0 Å². The van der Waals surface area contributed by atoms with Crippen LogP contribution in [-0.2, 0) is 14.3 Å². The zero-order valence-corrected chi connectivity index (χ0v) is 8.34. The van der Waals surface area contributed by atoms with Crippen molar-refractivity contribution >= 4 is 17.8 Å². The van der Waals surface area contributed by atoms with E-state index in [2.05, 4.69) is 9.72 Å². The Bertz CT molecular complexity index is 371. The van der Waals surface area contributed by atoms with Crippen molar-refractivity contribution in [1.82, 2.24) is 4.98 Å². The molecule has 0 amide bonds. The summed E-state index contributed by atoms with van der Waals surface area (Å²) in [6.07, 6.45) is 4.27. The van der Waals surface area contributed by atoms with Crippen molar-refractivity contribution in [2.75, 3.05) is 7.11 Å². The highest BCUT2D eigenvalue weighted by molar-refractivity contribution is 6.03. The molecule has 0 spiro atoms. The molecule has 0 aliphatic heterocycles. The van der Waals surface area contributed by atoms with Gasteiger partial charge in [0.2, 0.25) is 0 Å². The maximum Gasteiger partial charge on any atom is 0.313 e. The van der Waals surface area contributed by atoms with Gasteiger partial charge in [0, 0.05) is 6.20 Å². The van der Waals surface area contributed by atoms with E-state index in [0.717, 1.165) is 0 Å². The van der Waals surface area contributed by atoms with Gasteiger partial charge in [-0.05, 0) is 24.3 Å². The predicted octanol–water partition coefficient (Wildman–Crippen LogP) is 1.23. The van der Waals surface area contributed by atoms with Gasteiger partial charge in [-0.1, -0.05) is 6.07 Å². The van der Waals surface area contributed by atoms with Crippen molar-refractivity contribution in [2.24, 2.45) is 0 Å². The molecule has 0 aromatic carbocycles. The molecule has 0 radical (unpaired) electrons. The van der Waals surface area contributed by atoms with Crippen molar-refractivity contribution in [3.63, 3.8) is 0 Å². The number of nitrogens with zero attached hydrogens (tertiary/aromatic N) is 1. The molecule has 0 atom stereocenters. The first-order valence-corrected chi connectivity index (χ1v) is 4.41. The number of esters is 1. The van der Waals surface area contributed by atoms with E-state index >= 15 is 0 Å². The third-order valence-corrected chi connectivity index (χ3v) is 1.67. The number of hydrogen-bond donors (Lipinski definition) is 0. The third kappa shape index (κ3) is 4.17. The summed E-state index contributed by atoms with van der Waals surface area (Å²) in [4.78, 5) is 25.9. The third-order valence-electron chi connectivity index (χ3n) is 1.67. The molecule has 0 N–H and O–H groups in total. The van der Waals surface area contributed by atoms with E-state index in [-0.39, 0.29) is 12.2 Å². The summed E-state index contributed by atoms with van der Waals surface area (Å²) in [6.45, 7) is 0. The zero-order chi connectivity index (χ0) is 11.1. The summed E-state index contributed by atoms with van der Waals surface area (Å²) in [5.41, 5.74) is 0.677. The molecular formula is C11H11NO3. The van der Waals surface area contributed by atoms with Gasteiger partial charge in [0.1, 0.15) is 6.42 Å². The van der Waals surface area contributed by atoms with Gasteiger partial charge in [-0.15, -0.1) is 0 Å². The van der Waals surface area contributed by atoms with Gasteiger partial charge in [0.05, 0.1) is 12.8 Å². The molecule has 1 rings (SSSR count). The molecule has 15 heavy (non-hydrogen) atoms. The molecule has 4 nitrogen and oxygen atoms in total. The molecule has 0 saturated carbocycles. The highest BCUT2D eigenvalue weighted by Gasteiger charge is 2.05. The fourth-order valence-electron chi connectivity index (χ4n) is 0.926. The molecule has 0 unspecified atom stereocenters. The quantitative estimate of drug-likeness (QED) is 0.421. The summed E-state index contributed by atoms with van der Waals surface area (Å²) >= 11 is 0. The lowest BCUT2D eigenvalue weighted by molar-refractivity contribution is -0.142. The number of ketones is 1. The van der Waals surface area contributed by atoms with Crippen molar-refractivity contribution < 1.29 is 14.3 Å². The second-order valence-corrected chi connectivity index (χ2v) is 2.81. The van der Waals surface area contributed by atoms with Crippen LogP contribution in [0.4, 0.5) is 0 Å². The van der Waals surface area contributed by atoms with E-state index in [1.807, 2.05) is 6.07 Å². The summed E-state index contributed by atoms with van der Waals surface area (Å²) < 4.78 is 4.36. The van der Waals surface area contributed by atoms with Crippen LogP contribution in [-0.4, -0.2) is 23.8 Å². The largest absolute Gasteiger partial charge is 0.469 e. The number of ether oxygens (including phenoxy) is 1. The number of carbonyl (C=O) groups excluding carboxylic acids is 2. The van der Waals surface area contributed by atoms with Crippen LogP contribution in [0.5, 0.6) is 0 Å². The lowest BCUT2D eigenvalue weighted by Crippen LogP contribution is -2.06. The van der Waals surface area contributed by atoms with E-state index in [1.165, 1.54) is 13.2 Å². The molecule has 78 valence electrons. The molecule has 1 heterocycles. The number of hydrogen-bond acceptors (Lipinski definition) is 4. The minimum atomic E-state index is -0.536. The van der Waals surface area contributed by atoms with Gasteiger partial charge < -0.3 is 4.74 Å². The standard InChI is InChI=1S/C11H11NO3/c1-15-11(14)8-10(13)6-5-9-4-2-3-7-12-9/h2-7H,8H2,1H3. The predicted molar refractivity (Wildman–Crippen MR) is 54.9 cm³/mol. The van der Waals surface area contributed by atoms with E-state index in [4.69, 9.17) is 0 Å². The molecule has 0 aliphatic carbocycles. The monoisotopic (exact) mass is 205 g/mol. The Kier molecular flexibility index (Phi) is 4.22. The smallest absolute Gasteiger partial charge is 0.313 e. The minimum absolute atomic E-state index is 0.236. The van der Waals surface area contributed by atoms with E-state index in [0.29, 0.717) is 5.69 Å². The maximum absolute atomic E-state index is 11.2. The van der Waals surface area contributed by atoms with E-state index in [9.17, 15) is 9.59 Å².